The fourth-order valence-electron chi connectivity index (χ4n) is 1.75. The smallest absolute Gasteiger partial charge is 0.192 e. The van der Waals surface area contributed by atoms with Gasteiger partial charge in [-0.05, 0) is 18.6 Å². The number of unbranched alkanes of at least 4 members (excludes halogenated alkanes) is 3. The molecule has 0 saturated carbocycles. The Balaban J connectivity index is 2.32. The molecule has 0 aromatic heterocycles. The number of carbonyl (C=O) groups excluding carboxylic acids is 1. The van der Waals surface area contributed by atoms with Crippen LogP contribution < -0.4 is 4.74 Å². The molecule has 3 heteroatoms. The molecule has 0 saturated heterocycles. The summed E-state index contributed by atoms with van der Waals surface area (Å²) in [6.45, 7) is 2.96. The Morgan fingerprint density at radius 1 is 1.17 bits per heavy atom. The number of methoxy groups -OCH3 is 1. The summed E-state index contributed by atoms with van der Waals surface area (Å²) in [6, 6.07) is 7.23. The van der Waals surface area contributed by atoms with Gasteiger partial charge in [-0.15, -0.1) is 0 Å². The minimum Gasteiger partial charge on any atom is -0.496 e. The lowest BCUT2D eigenvalue weighted by molar-refractivity contribution is 0.0749. The van der Waals surface area contributed by atoms with Gasteiger partial charge in [-0.25, -0.2) is 0 Å². The highest BCUT2D eigenvalue weighted by Gasteiger charge is 2.11. The highest BCUT2D eigenvalue weighted by molar-refractivity contribution is 5.99. The van der Waals surface area contributed by atoms with Crippen LogP contribution >= 0.6 is 0 Å². The van der Waals surface area contributed by atoms with Crippen LogP contribution in [-0.2, 0) is 4.74 Å². The summed E-state index contributed by atoms with van der Waals surface area (Å²) in [5.41, 5.74) is 0.591. The van der Waals surface area contributed by atoms with Crippen molar-refractivity contribution in [2.75, 3.05) is 20.3 Å². The number of carbonyl (C=O) groups is 1. The van der Waals surface area contributed by atoms with E-state index in [4.69, 9.17) is 9.47 Å². The van der Waals surface area contributed by atoms with Gasteiger partial charge in [0, 0.05) is 6.61 Å². The average molecular weight is 250 g/mol. The molecular formula is C15H22O3. The van der Waals surface area contributed by atoms with Gasteiger partial charge in [0.05, 0.1) is 12.7 Å². The fraction of sp³-hybridized carbons (Fsp3) is 0.533. The van der Waals surface area contributed by atoms with Gasteiger partial charge in [-0.1, -0.05) is 38.3 Å². The lowest BCUT2D eigenvalue weighted by Gasteiger charge is -2.07. The molecule has 0 heterocycles. The van der Waals surface area contributed by atoms with Gasteiger partial charge < -0.3 is 9.47 Å². The maximum Gasteiger partial charge on any atom is 0.192 e. The highest BCUT2D eigenvalue weighted by atomic mass is 16.5. The molecule has 18 heavy (non-hydrogen) atoms. The maximum atomic E-state index is 11.9. The van der Waals surface area contributed by atoms with E-state index in [0.29, 0.717) is 17.9 Å². The standard InChI is InChI=1S/C15H22O3/c1-3-4-5-8-11-18-12-14(16)13-9-6-7-10-15(13)17-2/h6-7,9-10H,3-5,8,11-12H2,1-2H3. The number of hydrogen-bond donors (Lipinski definition) is 0. The van der Waals surface area contributed by atoms with Crippen molar-refractivity contribution in [2.45, 2.75) is 32.6 Å². The number of ketones is 1. The normalized spacial score (nSPS) is 10.3. The van der Waals surface area contributed by atoms with E-state index in [1.165, 1.54) is 19.3 Å². The first-order chi connectivity index (χ1) is 8.79. The van der Waals surface area contributed by atoms with Crippen LogP contribution in [0, 0.1) is 0 Å². The maximum absolute atomic E-state index is 11.9. The van der Waals surface area contributed by atoms with Crippen LogP contribution in [0.2, 0.25) is 0 Å². The molecule has 1 rings (SSSR count). The topological polar surface area (TPSA) is 35.5 Å². The molecule has 0 amide bonds. The Morgan fingerprint density at radius 3 is 2.67 bits per heavy atom. The largest absolute Gasteiger partial charge is 0.496 e. The third kappa shape index (κ3) is 4.88. The Labute approximate surface area is 109 Å². The molecule has 0 aliphatic rings. The second-order valence-electron chi connectivity index (χ2n) is 4.24. The molecule has 0 radical (unpaired) electrons. The number of benzene rings is 1. The van der Waals surface area contributed by atoms with Crippen molar-refractivity contribution in [1.82, 2.24) is 0 Å². The molecular weight excluding hydrogens is 228 g/mol. The molecule has 100 valence electrons. The van der Waals surface area contributed by atoms with E-state index in [9.17, 15) is 4.79 Å². The third-order valence-electron chi connectivity index (χ3n) is 2.78. The van der Waals surface area contributed by atoms with Crippen molar-refractivity contribution in [3.63, 3.8) is 0 Å². The van der Waals surface area contributed by atoms with Crippen LogP contribution in [0.15, 0.2) is 24.3 Å². The van der Waals surface area contributed by atoms with E-state index in [-0.39, 0.29) is 12.4 Å². The van der Waals surface area contributed by atoms with Crippen molar-refractivity contribution >= 4 is 5.78 Å². The van der Waals surface area contributed by atoms with E-state index >= 15 is 0 Å². The Hall–Kier alpha value is -1.35. The zero-order valence-electron chi connectivity index (χ0n) is 11.3. The first kappa shape index (κ1) is 14.7. The minimum absolute atomic E-state index is 0.0251. The predicted molar refractivity (Wildman–Crippen MR) is 72.3 cm³/mol. The molecule has 0 fully saturated rings. The van der Waals surface area contributed by atoms with E-state index in [2.05, 4.69) is 6.92 Å². The molecule has 1 aromatic rings. The molecule has 3 nitrogen and oxygen atoms in total. The second kappa shape index (κ2) is 8.70. The van der Waals surface area contributed by atoms with Crippen LogP contribution in [-0.4, -0.2) is 26.1 Å². The van der Waals surface area contributed by atoms with E-state index in [0.717, 1.165) is 6.42 Å². The van der Waals surface area contributed by atoms with Crippen molar-refractivity contribution in [1.29, 1.82) is 0 Å². The molecule has 1 aromatic carbocycles. The lowest BCUT2D eigenvalue weighted by Crippen LogP contribution is -2.11. The molecule has 0 aliphatic carbocycles. The monoisotopic (exact) mass is 250 g/mol. The SMILES string of the molecule is CCCCCCOCC(=O)c1ccccc1OC. The Bertz CT molecular complexity index is 361. The predicted octanol–water partition coefficient (Wildman–Crippen LogP) is 3.47. The summed E-state index contributed by atoms with van der Waals surface area (Å²) in [6.07, 6.45) is 4.62. The number of para-hydroxylation sites is 1. The number of ether oxygens (including phenoxy) is 2. The van der Waals surface area contributed by atoms with E-state index < -0.39 is 0 Å². The second-order valence-corrected chi connectivity index (χ2v) is 4.24. The van der Waals surface area contributed by atoms with Gasteiger partial charge in [-0.2, -0.15) is 0 Å². The summed E-state index contributed by atoms with van der Waals surface area (Å²) in [7, 11) is 1.57. The first-order valence-corrected chi connectivity index (χ1v) is 6.53. The van der Waals surface area contributed by atoms with Crippen molar-refractivity contribution in [2.24, 2.45) is 0 Å². The van der Waals surface area contributed by atoms with Crippen LogP contribution in [0.1, 0.15) is 43.0 Å². The molecule has 0 aliphatic heterocycles. The number of Topliss-reactive ketones (excluding diaryl/α,β-unsaturated/α-hetero) is 1. The van der Waals surface area contributed by atoms with E-state index in [1.807, 2.05) is 12.1 Å². The molecule has 0 N–H and O–H groups in total. The average Bonchev–Trinajstić information content (AvgIpc) is 2.42. The molecule has 0 atom stereocenters. The molecule has 0 bridgehead atoms. The summed E-state index contributed by atoms with van der Waals surface area (Å²) in [4.78, 5) is 11.9. The quantitative estimate of drug-likeness (QED) is 0.497. The number of hydrogen-bond acceptors (Lipinski definition) is 3. The van der Waals surface area contributed by atoms with Gasteiger partial charge in [0.15, 0.2) is 5.78 Å². The van der Waals surface area contributed by atoms with Gasteiger partial charge in [-0.3, -0.25) is 4.79 Å². The lowest BCUT2D eigenvalue weighted by atomic mass is 10.1. The third-order valence-corrected chi connectivity index (χ3v) is 2.78. The highest BCUT2D eigenvalue weighted by Crippen LogP contribution is 2.17. The fourth-order valence-corrected chi connectivity index (χ4v) is 1.75. The Kier molecular flexibility index (Phi) is 7.11. The van der Waals surface area contributed by atoms with E-state index in [1.54, 1.807) is 19.2 Å². The van der Waals surface area contributed by atoms with Gasteiger partial charge in [0.1, 0.15) is 12.4 Å². The van der Waals surface area contributed by atoms with Crippen LogP contribution in [0.25, 0.3) is 0 Å². The van der Waals surface area contributed by atoms with Gasteiger partial charge in [0.2, 0.25) is 0 Å². The van der Waals surface area contributed by atoms with Crippen molar-refractivity contribution in [3.8, 4) is 5.75 Å². The van der Waals surface area contributed by atoms with Crippen LogP contribution in [0.3, 0.4) is 0 Å². The molecule has 0 unspecified atom stereocenters. The summed E-state index contributed by atoms with van der Waals surface area (Å²) < 4.78 is 10.5. The molecule has 0 spiro atoms. The number of rotatable bonds is 9. The summed E-state index contributed by atoms with van der Waals surface area (Å²) >= 11 is 0. The first-order valence-electron chi connectivity index (χ1n) is 6.53. The van der Waals surface area contributed by atoms with Crippen molar-refractivity contribution in [3.05, 3.63) is 29.8 Å². The summed E-state index contributed by atoms with van der Waals surface area (Å²) in [5.74, 6) is 0.583. The van der Waals surface area contributed by atoms with Gasteiger partial charge >= 0.3 is 0 Å². The van der Waals surface area contributed by atoms with Crippen LogP contribution in [0.4, 0.5) is 0 Å². The summed E-state index contributed by atoms with van der Waals surface area (Å²) in [5, 5.41) is 0. The minimum atomic E-state index is -0.0251. The van der Waals surface area contributed by atoms with Crippen molar-refractivity contribution < 1.29 is 14.3 Å². The zero-order valence-corrected chi connectivity index (χ0v) is 11.3. The Morgan fingerprint density at radius 2 is 1.94 bits per heavy atom. The van der Waals surface area contributed by atoms with Gasteiger partial charge in [0.25, 0.3) is 0 Å². The van der Waals surface area contributed by atoms with Crippen LogP contribution in [0.5, 0.6) is 5.75 Å². The zero-order chi connectivity index (χ0) is 13.2.